The molecule has 7 heteroatoms. The van der Waals surface area contributed by atoms with Crippen molar-refractivity contribution in [2.45, 2.75) is 25.8 Å². The van der Waals surface area contributed by atoms with E-state index in [0.717, 1.165) is 17.1 Å². The third-order valence-corrected chi connectivity index (χ3v) is 3.15. The molecule has 0 fully saturated rings. The standard InChI is InChI=1S/C10H12N4O2S/c15-9(16)5-1-2-6-14-10(11-12-13-14)8-4-3-7-17-8/h3-4,7H,1-2,5-6H2,(H,15,16). The monoisotopic (exact) mass is 252 g/mol. The Labute approximate surface area is 102 Å². The number of carbonyl (C=O) groups is 1. The first-order valence-electron chi connectivity index (χ1n) is 5.29. The Hall–Kier alpha value is -1.76. The molecule has 0 saturated heterocycles. The average Bonchev–Trinajstić information content (AvgIpc) is 2.94. The molecule has 17 heavy (non-hydrogen) atoms. The largest absolute Gasteiger partial charge is 0.481 e. The molecule has 90 valence electrons. The summed E-state index contributed by atoms with van der Waals surface area (Å²) in [4.78, 5) is 11.4. The van der Waals surface area contributed by atoms with Gasteiger partial charge in [-0.3, -0.25) is 4.79 Å². The van der Waals surface area contributed by atoms with Crippen LogP contribution in [0.4, 0.5) is 0 Å². The van der Waals surface area contributed by atoms with Crippen LogP contribution in [0.5, 0.6) is 0 Å². The fourth-order valence-corrected chi connectivity index (χ4v) is 2.19. The van der Waals surface area contributed by atoms with E-state index >= 15 is 0 Å². The molecular formula is C10H12N4O2S. The lowest BCUT2D eigenvalue weighted by Gasteiger charge is -2.01. The molecule has 0 aromatic carbocycles. The highest BCUT2D eigenvalue weighted by Crippen LogP contribution is 2.21. The summed E-state index contributed by atoms with van der Waals surface area (Å²) in [5.41, 5.74) is 0. The van der Waals surface area contributed by atoms with E-state index in [-0.39, 0.29) is 6.42 Å². The Bertz CT molecular complexity index is 480. The van der Waals surface area contributed by atoms with E-state index in [2.05, 4.69) is 15.5 Å². The van der Waals surface area contributed by atoms with Gasteiger partial charge in [0.05, 0.1) is 4.88 Å². The Kier molecular flexibility index (Phi) is 3.81. The molecule has 0 atom stereocenters. The van der Waals surface area contributed by atoms with Crippen LogP contribution in [0.25, 0.3) is 10.7 Å². The lowest BCUT2D eigenvalue weighted by atomic mass is 10.2. The molecule has 2 aromatic rings. The van der Waals surface area contributed by atoms with Gasteiger partial charge in [-0.15, -0.1) is 16.4 Å². The molecule has 0 aliphatic carbocycles. The summed E-state index contributed by atoms with van der Waals surface area (Å²) in [6.07, 6.45) is 1.59. The zero-order chi connectivity index (χ0) is 12.1. The van der Waals surface area contributed by atoms with Crippen LogP contribution in [-0.2, 0) is 11.3 Å². The number of nitrogens with zero attached hydrogens (tertiary/aromatic N) is 4. The van der Waals surface area contributed by atoms with Gasteiger partial charge < -0.3 is 5.11 Å². The molecule has 0 radical (unpaired) electrons. The van der Waals surface area contributed by atoms with E-state index in [1.165, 1.54) is 0 Å². The molecule has 0 bridgehead atoms. The summed E-state index contributed by atoms with van der Waals surface area (Å²) in [7, 11) is 0. The van der Waals surface area contributed by atoms with Crippen LogP contribution in [0, 0.1) is 0 Å². The Morgan fingerprint density at radius 3 is 3.06 bits per heavy atom. The molecule has 0 aliphatic heterocycles. The van der Waals surface area contributed by atoms with Crippen molar-refractivity contribution in [2.75, 3.05) is 0 Å². The van der Waals surface area contributed by atoms with Crippen LogP contribution in [0.3, 0.4) is 0 Å². The van der Waals surface area contributed by atoms with Gasteiger partial charge in [0.15, 0.2) is 5.82 Å². The molecule has 0 spiro atoms. The quantitative estimate of drug-likeness (QED) is 0.791. The van der Waals surface area contributed by atoms with Gasteiger partial charge in [-0.1, -0.05) is 6.07 Å². The Balaban J connectivity index is 1.93. The van der Waals surface area contributed by atoms with E-state index in [4.69, 9.17) is 5.11 Å². The summed E-state index contributed by atoms with van der Waals surface area (Å²) in [6, 6.07) is 3.91. The van der Waals surface area contributed by atoms with Gasteiger partial charge in [-0.25, -0.2) is 4.68 Å². The van der Waals surface area contributed by atoms with Crippen LogP contribution >= 0.6 is 11.3 Å². The fraction of sp³-hybridized carbons (Fsp3) is 0.400. The Morgan fingerprint density at radius 1 is 1.47 bits per heavy atom. The van der Waals surface area contributed by atoms with Gasteiger partial charge >= 0.3 is 5.97 Å². The SMILES string of the molecule is O=C(O)CCCCn1nnnc1-c1cccs1. The number of unbranched alkanes of at least 4 members (excludes halogenated alkanes) is 1. The van der Waals surface area contributed by atoms with Crippen LogP contribution in [0.15, 0.2) is 17.5 Å². The lowest BCUT2D eigenvalue weighted by molar-refractivity contribution is -0.137. The molecule has 1 N–H and O–H groups in total. The number of carboxylic acids is 1. The number of hydrogen-bond acceptors (Lipinski definition) is 5. The van der Waals surface area contributed by atoms with Crippen molar-refractivity contribution in [1.29, 1.82) is 0 Å². The summed E-state index contributed by atoms with van der Waals surface area (Å²) >= 11 is 1.58. The molecule has 0 unspecified atom stereocenters. The second-order valence-corrected chi connectivity index (χ2v) is 4.50. The molecule has 2 heterocycles. The number of tetrazole rings is 1. The smallest absolute Gasteiger partial charge is 0.303 e. The predicted octanol–water partition coefficient (Wildman–Crippen LogP) is 1.66. The number of aromatic nitrogens is 4. The number of aryl methyl sites for hydroxylation is 1. The van der Waals surface area contributed by atoms with Crippen LogP contribution in [-0.4, -0.2) is 31.3 Å². The topological polar surface area (TPSA) is 80.9 Å². The molecule has 2 rings (SSSR count). The molecular weight excluding hydrogens is 240 g/mol. The molecule has 0 aliphatic rings. The van der Waals surface area contributed by atoms with Crippen molar-refractivity contribution in [3.8, 4) is 10.7 Å². The van der Waals surface area contributed by atoms with Crippen LogP contribution in [0.1, 0.15) is 19.3 Å². The number of rotatable bonds is 6. The summed E-state index contributed by atoms with van der Waals surface area (Å²) in [5.74, 6) is -0.0180. The van der Waals surface area contributed by atoms with Gasteiger partial charge in [0.25, 0.3) is 0 Å². The minimum Gasteiger partial charge on any atom is -0.481 e. The zero-order valence-corrected chi connectivity index (χ0v) is 9.93. The van der Waals surface area contributed by atoms with Crippen molar-refractivity contribution in [2.24, 2.45) is 0 Å². The average molecular weight is 252 g/mol. The highest BCUT2D eigenvalue weighted by Gasteiger charge is 2.09. The Morgan fingerprint density at radius 2 is 2.35 bits per heavy atom. The normalized spacial score (nSPS) is 10.6. The maximum Gasteiger partial charge on any atom is 0.303 e. The van der Waals surface area contributed by atoms with E-state index < -0.39 is 5.97 Å². The van der Waals surface area contributed by atoms with E-state index in [1.54, 1.807) is 16.0 Å². The van der Waals surface area contributed by atoms with Crippen molar-refractivity contribution < 1.29 is 9.90 Å². The van der Waals surface area contributed by atoms with Gasteiger partial charge in [-0.05, 0) is 34.7 Å². The maximum atomic E-state index is 10.4. The van der Waals surface area contributed by atoms with Crippen molar-refractivity contribution in [3.63, 3.8) is 0 Å². The van der Waals surface area contributed by atoms with Crippen LogP contribution < -0.4 is 0 Å². The van der Waals surface area contributed by atoms with E-state index in [1.807, 2.05) is 17.5 Å². The third-order valence-electron chi connectivity index (χ3n) is 2.28. The van der Waals surface area contributed by atoms with Gasteiger partial charge in [0.2, 0.25) is 0 Å². The second kappa shape index (κ2) is 5.53. The third kappa shape index (κ3) is 3.10. The molecule has 0 saturated carbocycles. The summed E-state index contributed by atoms with van der Waals surface area (Å²) < 4.78 is 1.72. The van der Waals surface area contributed by atoms with Gasteiger partial charge in [0, 0.05) is 13.0 Å². The van der Waals surface area contributed by atoms with Crippen LogP contribution in [0.2, 0.25) is 0 Å². The van der Waals surface area contributed by atoms with Crippen molar-refractivity contribution in [3.05, 3.63) is 17.5 Å². The fourth-order valence-electron chi connectivity index (χ4n) is 1.48. The van der Waals surface area contributed by atoms with Crippen molar-refractivity contribution in [1.82, 2.24) is 20.2 Å². The van der Waals surface area contributed by atoms with E-state index in [0.29, 0.717) is 13.0 Å². The second-order valence-electron chi connectivity index (χ2n) is 3.55. The first-order chi connectivity index (χ1) is 8.27. The number of aliphatic carboxylic acids is 1. The summed E-state index contributed by atoms with van der Waals surface area (Å²) in [5, 5.41) is 22.0. The number of hydrogen-bond donors (Lipinski definition) is 1. The van der Waals surface area contributed by atoms with Crippen molar-refractivity contribution >= 4 is 17.3 Å². The molecule has 2 aromatic heterocycles. The zero-order valence-electron chi connectivity index (χ0n) is 9.11. The number of carboxylic acid groups (broad SMARTS) is 1. The minimum absolute atomic E-state index is 0.191. The van der Waals surface area contributed by atoms with Gasteiger partial charge in [-0.2, -0.15) is 0 Å². The molecule has 0 amide bonds. The van der Waals surface area contributed by atoms with Gasteiger partial charge in [0.1, 0.15) is 0 Å². The van der Waals surface area contributed by atoms with E-state index in [9.17, 15) is 4.79 Å². The summed E-state index contributed by atoms with van der Waals surface area (Å²) in [6.45, 7) is 0.646. The highest BCUT2D eigenvalue weighted by atomic mass is 32.1. The highest BCUT2D eigenvalue weighted by molar-refractivity contribution is 7.13. The maximum absolute atomic E-state index is 10.4. The first-order valence-corrected chi connectivity index (χ1v) is 6.17. The minimum atomic E-state index is -0.764. The molecule has 6 nitrogen and oxygen atoms in total. The predicted molar refractivity (Wildman–Crippen MR) is 62.6 cm³/mol. The number of thiophene rings is 1. The lowest BCUT2D eigenvalue weighted by Crippen LogP contribution is -2.03. The first kappa shape index (κ1) is 11.7.